The number of fused-ring (bicyclic) bond motifs is 1. The average Bonchev–Trinajstić information content (AvgIpc) is 2.97. The van der Waals surface area contributed by atoms with Gasteiger partial charge in [0.25, 0.3) is 0 Å². The maximum Gasteiger partial charge on any atom is 0.410 e. The number of hydrogen-bond donors (Lipinski definition) is 1. The predicted molar refractivity (Wildman–Crippen MR) is 112 cm³/mol. The maximum atomic E-state index is 12.4. The van der Waals surface area contributed by atoms with E-state index < -0.39 is 5.60 Å². The van der Waals surface area contributed by atoms with Crippen molar-refractivity contribution in [1.29, 1.82) is 0 Å². The Morgan fingerprint density at radius 3 is 2.83 bits per heavy atom. The van der Waals surface area contributed by atoms with E-state index in [4.69, 9.17) is 14.5 Å². The zero-order valence-electron chi connectivity index (χ0n) is 17.5. The van der Waals surface area contributed by atoms with Crippen LogP contribution in [0.2, 0.25) is 0 Å². The lowest BCUT2D eigenvalue weighted by atomic mass is 10.00. The number of pyridine rings is 1. The number of aromatic amines is 1. The van der Waals surface area contributed by atoms with E-state index in [-0.39, 0.29) is 6.09 Å². The minimum absolute atomic E-state index is 0.242. The van der Waals surface area contributed by atoms with Crippen LogP contribution in [0.1, 0.15) is 63.8 Å². The molecule has 2 aliphatic heterocycles. The minimum Gasteiger partial charge on any atom is -0.444 e. The van der Waals surface area contributed by atoms with E-state index in [1.54, 1.807) is 4.90 Å². The van der Waals surface area contributed by atoms with Crippen molar-refractivity contribution in [1.82, 2.24) is 19.9 Å². The zero-order valence-corrected chi connectivity index (χ0v) is 17.5. The molecule has 0 atom stereocenters. The van der Waals surface area contributed by atoms with Gasteiger partial charge in [-0.05, 0) is 58.1 Å². The maximum absolute atomic E-state index is 12.4. The fourth-order valence-electron chi connectivity index (χ4n) is 3.97. The third-order valence-electron chi connectivity index (χ3n) is 5.45. The first-order valence-corrected chi connectivity index (χ1v) is 10.5. The first-order valence-electron chi connectivity index (χ1n) is 10.5. The molecule has 7 nitrogen and oxygen atoms in total. The van der Waals surface area contributed by atoms with Gasteiger partial charge in [-0.25, -0.2) is 14.8 Å². The largest absolute Gasteiger partial charge is 0.444 e. The molecule has 2 aromatic heterocycles. The summed E-state index contributed by atoms with van der Waals surface area (Å²) in [7, 11) is 0. The standard InChI is InChI=1S/C22H30N4O3/c1-22(2,3)29-21(27)26-11-4-5-15(7-12-26)17-6-10-23-20-18(17)24-19(25-20)16-8-13-28-14-9-16/h5-6,10,16H,4,7-9,11-14H2,1-3H3,(H,23,24,25). The number of ether oxygens (including phenoxy) is 2. The highest BCUT2D eigenvalue weighted by Crippen LogP contribution is 2.31. The molecule has 0 aromatic carbocycles. The third kappa shape index (κ3) is 4.61. The van der Waals surface area contributed by atoms with Crippen LogP contribution >= 0.6 is 0 Å². The molecule has 1 amide bonds. The van der Waals surface area contributed by atoms with Crippen LogP contribution < -0.4 is 0 Å². The Kier molecular flexibility index (Phi) is 5.58. The van der Waals surface area contributed by atoms with Crippen LogP contribution in [0, 0.1) is 0 Å². The van der Waals surface area contributed by atoms with E-state index in [0.29, 0.717) is 19.0 Å². The third-order valence-corrected chi connectivity index (χ3v) is 5.45. The molecule has 0 unspecified atom stereocenters. The summed E-state index contributed by atoms with van der Waals surface area (Å²) < 4.78 is 11.0. The molecule has 29 heavy (non-hydrogen) atoms. The molecule has 7 heteroatoms. The van der Waals surface area contributed by atoms with Crippen LogP contribution in [0.3, 0.4) is 0 Å². The summed E-state index contributed by atoms with van der Waals surface area (Å²) in [4.78, 5) is 27.1. The van der Waals surface area contributed by atoms with E-state index in [1.807, 2.05) is 33.0 Å². The summed E-state index contributed by atoms with van der Waals surface area (Å²) in [6, 6.07) is 2.03. The van der Waals surface area contributed by atoms with Crippen molar-refractivity contribution in [2.75, 3.05) is 26.3 Å². The van der Waals surface area contributed by atoms with E-state index >= 15 is 0 Å². The van der Waals surface area contributed by atoms with E-state index in [0.717, 1.165) is 61.4 Å². The number of H-pyrrole nitrogens is 1. The Hall–Kier alpha value is -2.41. The summed E-state index contributed by atoms with van der Waals surface area (Å²) >= 11 is 0. The van der Waals surface area contributed by atoms with Gasteiger partial charge in [0.2, 0.25) is 0 Å². The summed E-state index contributed by atoms with van der Waals surface area (Å²) in [6.45, 7) is 8.57. The van der Waals surface area contributed by atoms with Gasteiger partial charge in [0.1, 0.15) is 16.9 Å². The van der Waals surface area contributed by atoms with Gasteiger partial charge in [-0.3, -0.25) is 0 Å². The monoisotopic (exact) mass is 398 g/mol. The molecule has 2 aromatic rings. The van der Waals surface area contributed by atoms with Crippen molar-refractivity contribution in [3.05, 3.63) is 29.7 Å². The molecule has 0 spiro atoms. The van der Waals surface area contributed by atoms with Crippen LogP contribution in [0.5, 0.6) is 0 Å². The smallest absolute Gasteiger partial charge is 0.410 e. The average molecular weight is 399 g/mol. The van der Waals surface area contributed by atoms with E-state index in [1.165, 1.54) is 5.57 Å². The van der Waals surface area contributed by atoms with Crippen LogP contribution in [0.15, 0.2) is 18.3 Å². The van der Waals surface area contributed by atoms with Crippen molar-refractivity contribution in [3.8, 4) is 0 Å². The molecular formula is C22H30N4O3. The van der Waals surface area contributed by atoms with Gasteiger partial charge in [0.05, 0.1) is 0 Å². The van der Waals surface area contributed by atoms with Gasteiger partial charge in [0.15, 0.2) is 5.65 Å². The minimum atomic E-state index is -0.480. The molecule has 2 aliphatic rings. The molecule has 1 N–H and O–H groups in total. The number of imidazole rings is 1. The molecule has 156 valence electrons. The fraction of sp³-hybridized carbons (Fsp3) is 0.591. The quantitative estimate of drug-likeness (QED) is 0.817. The van der Waals surface area contributed by atoms with E-state index in [2.05, 4.69) is 16.0 Å². The highest BCUT2D eigenvalue weighted by molar-refractivity contribution is 5.87. The molecule has 4 rings (SSSR count). The van der Waals surface area contributed by atoms with Gasteiger partial charge in [-0.2, -0.15) is 0 Å². The Morgan fingerprint density at radius 1 is 1.28 bits per heavy atom. The van der Waals surface area contributed by atoms with Gasteiger partial charge in [0, 0.05) is 44.0 Å². The molecular weight excluding hydrogens is 368 g/mol. The summed E-state index contributed by atoms with van der Waals surface area (Å²) in [5.41, 5.74) is 3.60. The van der Waals surface area contributed by atoms with Crippen molar-refractivity contribution >= 4 is 22.8 Å². The highest BCUT2D eigenvalue weighted by Gasteiger charge is 2.25. The number of rotatable bonds is 2. The number of nitrogens with zero attached hydrogens (tertiary/aromatic N) is 3. The molecule has 0 saturated carbocycles. The number of aromatic nitrogens is 3. The van der Waals surface area contributed by atoms with Gasteiger partial charge >= 0.3 is 6.09 Å². The van der Waals surface area contributed by atoms with Crippen molar-refractivity contribution in [2.24, 2.45) is 0 Å². The van der Waals surface area contributed by atoms with Gasteiger partial charge in [-0.15, -0.1) is 0 Å². The lowest BCUT2D eigenvalue weighted by Gasteiger charge is -2.26. The SMILES string of the molecule is CC(C)(C)OC(=O)N1CCC=C(c2ccnc3[nH]c(C4CCOCC4)nc23)CC1. The Bertz CT molecular complexity index is 906. The second-order valence-electron chi connectivity index (χ2n) is 8.80. The molecule has 0 bridgehead atoms. The Morgan fingerprint density at radius 2 is 2.07 bits per heavy atom. The van der Waals surface area contributed by atoms with Crippen molar-refractivity contribution in [2.45, 2.75) is 58.0 Å². The Balaban J connectivity index is 1.53. The number of amides is 1. The molecule has 0 radical (unpaired) electrons. The van der Waals surface area contributed by atoms with Gasteiger partial charge in [-0.1, -0.05) is 6.08 Å². The first kappa shape index (κ1) is 19.9. The second-order valence-corrected chi connectivity index (χ2v) is 8.80. The number of carbonyl (C=O) groups is 1. The Labute approximate surface area is 171 Å². The summed E-state index contributed by atoms with van der Waals surface area (Å²) in [6.07, 6.45) is 7.37. The normalized spacial score (nSPS) is 19.1. The zero-order chi connectivity index (χ0) is 20.4. The highest BCUT2D eigenvalue weighted by atomic mass is 16.6. The first-order chi connectivity index (χ1) is 13.9. The molecule has 0 aliphatic carbocycles. The summed E-state index contributed by atoms with van der Waals surface area (Å²) in [5, 5.41) is 0. The van der Waals surface area contributed by atoms with Crippen LogP contribution in [-0.4, -0.2) is 57.8 Å². The second kappa shape index (κ2) is 8.14. The molecule has 1 saturated heterocycles. The molecule has 1 fully saturated rings. The van der Waals surface area contributed by atoms with Crippen LogP contribution in [0.25, 0.3) is 16.7 Å². The lowest BCUT2D eigenvalue weighted by Crippen LogP contribution is -2.37. The van der Waals surface area contributed by atoms with Crippen LogP contribution in [-0.2, 0) is 9.47 Å². The fourth-order valence-corrected chi connectivity index (χ4v) is 3.97. The molecule has 4 heterocycles. The van der Waals surface area contributed by atoms with E-state index in [9.17, 15) is 4.79 Å². The number of carbonyl (C=O) groups excluding carboxylic acids is 1. The summed E-state index contributed by atoms with van der Waals surface area (Å²) in [5.74, 6) is 1.41. The predicted octanol–water partition coefficient (Wildman–Crippen LogP) is 4.27. The number of nitrogens with one attached hydrogen (secondary N) is 1. The van der Waals surface area contributed by atoms with Crippen LogP contribution in [0.4, 0.5) is 4.79 Å². The number of hydrogen-bond acceptors (Lipinski definition) is 5. The van der Waals surface area contributed by atoms with Crippen molar-refractivity contribution < 1.29 is 14.3 Å². The van der Waals surface area contributed by atoms with Crippen molar-refractivity contribution in [3.63, 3.8) is 0 Å². The van der Waals surface area contributed by atoms with Gasteiger partial charge < -0.3 is 19.4 Å². The topological polar surface area (TPSA) is 80.3 Å². The lowest BCUT2D eigenvalue weighted by molar-refractivity contribution is 0.0260.